The minimum Gasteiger partial charge on any atom is -0.374 e. The van der Waals surface area contributed by atoms with E-state index in [1.807, 2.05) is 6.92 Å². The standard InChI is InChI=1S/C9H16F3NO2/c1-3-14-8-6(13-2)4-7(8)15-5-9(10,11)12/h6-8,13H,3-5H2,1-2H3. The van der Waals surface area contributed by atoms with Gasteiger partial charge in [-0.25, -0.2) is 0 Å². The van der Waals surface area contributed by atoms with Crippen LogP contribution in [0.5, 0.6) is 0 Å². The molecular weight excluding hydrogens is 211 g/mol. The molecule has 1 aliphatic carbocycles. The van der Waals surface area contributed by atoms with Gasteiger partial charge in [0.1, 0.15) is 6.61 Å². The Labute approximate surface area is 86.9 Å². The number of alkyl halides is 3. The Morgan fingerprint density at radius 1 is 1.33 bits per heavy atom. The van der Waals surface area contributed by atoms with Crippen LogP contribution < -0.4 is 5.32 Å². The summed E-state index contributed by atoms with van der Waals surface area (Å²) in [5.74, 6) is 0. The van der Waals surface area contributed by atoms with E-state index in [4.69, 9.17) is 9.47 Å². The minimum absolute atomic E-state index is 0.100. The summed E-state index contributed by atoms with van der Waals surface area (Å²) < 4.78 is 45.7. The van der Waals surface area contributed by atoms with Crippen molar-refractivity contribution >= 4 is 0 Å². The first-order valence-corrected chi connectivity index (χ1v) is 4.95. The number of hydrogen-bond acceptors (Lipinski definition) is 3. The lowest BCUT2D eigenvalue weighted by molar-refractivity contribution is -0.220. The monoisotopic (exact) mass is 227 g/mol. The minimum atomic E-state index is -4.26. The molecule has 1 fully saturated rings. The molecule has 90 valence electrons. The van der Waals surface area contributed by atoms with Crippen LogP contribution >= 0.6 is 0 Å². The van der Waals surface area contributed by atoms with Gasteiger partial charge in [-0.3, -0.25) is 0 Å². The smallest absolute Gasteiger partial charge is 0.374 e. The fraction of sp³-hybridized carbons (Fsp3) is 1.00. The zero-order valence-corrected chi connectivity index (χ0v) is 8.80. The molecular formula is C9H16F3NO2. The second-order valence-corrected chi connectivity index (χ2v) is 3.52. The molecule has 0 spiro atoms. The van der Waals surface area contributed by atoms with Gasteiger partial charge in [0.15, 0.2) is 0 Å². The van der Waals surface area contributed by atoms with E-state index in [-0.39, 0.29) is 12.1 Å². The van der Waals surface area contributed by atoms with Gasteiger partial charge in [-0.15, -0.1) is 0 Å². The largest absolute Gasteiger partial charge is 0.411 e. The molecule has 15 heavy (non-hydrogen) atoms. The number of rotatable bonds is 5. The number of likely N-dealkylation sites (N-methyl/N-ethyl adjacent to an activating group) is 1. The molecule has 1 N–H and O–H groups in total. The van der Waals surface area contributed by atoms with Gasteiger partial charge in [0, 0.05) is 12.6 Å². The average Bonchev–Trinajstić information content (AvgIpc) is 2.11. The third-order valence-corrected chi connectivity index (χ3v) is 2.44. The second kappa shape index (κ2) is 5.14. The van der Waals surface area contributed by atoms with Crippen LogP contribution in [0.3, 0.4) is 0 Å². The Morgan fingerprint density at radius 3 is 2.47 bits per heavy atom. The molecule has 0 amide bonds. The van der Waals surface area contributed by atoms with Gasteiger partial charge in [-0.05, 0) is 20.4 Å². The summed E-state index contributed by atoms with van der Waals surface area (Å²) in [5.41, 5.74) is 0. The maximum absolute atomic E-state index is 11.9. The number of ether oxygens (including phenoxy) is 2. The highest BCUT2D eigenvalue weighted by Gasteiger charge is 2.43. The highest BCUT2D eigenvalue weighted by atomic mass is 19.4. The van der Waals surface area contributed by atoms with E-state index in [9.17, 15) is 13.2 Å². The topological polar surface area (TPSA) is 30.5 Å². The molecule has 0 aromatic rings. The van der Waals surface area contributed by atoms with Crippen LogP contribution in [0, 0.1) is 0 Å². The van der Waals surface area contributed by atoms with Gasteiger partial charge in [-0.2, -0.15) is 13.2 Å². The Kier molecular flexibility index (Phi) is 4.36. The molecule has 0 radical (unpaired) electrons. The molecule has 1 aliphatic rings. The molecule has 0 heterocycles. The van der Waals surface area contributed by atoms with Crippen LogP contribution in [0.2, 0.25) is 0 Å². The zero-order valence-electron chi connectivity index (χ0n) is 8.80. The third-order valence-electron chi connectivity index (χ3n) is 2.44. The van der Waals surface area contributed by atoms with E-state index in [0.717, 1.165) is 0 Å². The predicted octanol–water partition coefficient (Wildman–Crippen LogP) is 1.33. The third kappa shape index (κ3) is 3.62. The summed E-state index contributed by atoms with van der Waals surface area (Å²) in [6.45, 7) is 1.10. The molecule has 0 aromatic heterocycles. The van der Waals surface area contributed by atoms with Crippen LogP contribution in [0.15, 0.2) is 0 Å². The van der Waals surface area contributed by atoms with Crippen molar-refractivity contribution in [3.8, 4) is 0 Å². The first-order chi connectivity index (χ1) is 6.98. The van der Waals surface area contributed by atoms with E-state index >= 15 is 0 Å². The van der Waals surface area contributed by atoms with Crippen LogP contribution in [0.4, 0.5) is 13.2 Å². The molecule has 3 atom stereocenters. The number of hydrogen-bond donors (Lipinski definition) is 1. The highest BCUT2D eigenvalue weighted by molar-refractivity contribution is 4.96. The number of halogens is 3. The van der Waals surface area contributed by atoms with Gasteiger partial charge < -0.3 is 14.8 Å². The SMILES string of the molecule is CCOC1C(NC)CC1OCC(F)(F)F. The van der Waals surface area contributed by atoms with Crippen LogP contribution in [-0.2, 0) is 9.47 Å². The summed E-state index contributed by atoms with van der Waals surface area (Å²) in [5, 5.41) is 2.98. The Bertz CT molecular complexity index is 198. The molecule has 6 heteroatoms. The second-order valence-electron chi connectivity index (χ2n) is 3.52. The molecule has 0 saturated heterocycles. The van der Waals surface area contributed by atoms with Crippen molar-refractivity contribution in [2.45, 2.75) is 37.8 Å². The van der Waals surface area contributed by atoms with Crippen LogP contribution in [0.25, 0.3) is 0 Å². The van der Waals surface area contributed by atoms with Crippen molar-refractivity contribution in [1.29, 1.82) is 0 Å². The quantitative estimate of drug-likeness (QED) is 0.768. The molecule has 0 aliphatic heterocycles. The van der Waals surface area contributed by atoms with Crippen molar-refractivity contribution in [1.82, 2.24) is 5.32 Å². The Hall–Kier alpha value is -0.330. The van der Waals surface area contributed by atoms with Crippen LogP contribution in [0.1, 0.15) is 13.3 Å². The molecule has 3 nitrogen and oxygen atoms in total. The summed E-state index contributed by atoms with van der Waals surface area (Å²) in [6.07, 6.45) is -4.40. The van der Waals surface area contributed by atoms with Gasteiger partial charge >= 0.3 is 6.18 Å². The lowest BCUT2D eigenvalue weighted by Gasteiger charge is -2.43. The molecule has 1 saturated carbocycles. The summed E-state index contributed by atoms with van der Waals surface area (Å²) in [4.78, 5) is 0. The van der Waals surface area contributed by atoms with Gasteiger partial charge in [0.05, 0.1) is 12.2 Å². The predicted molar refractivity (Wildman–Crippen MR) is 48.7 cm³/mol. The van der Waals surface area contributed by atoms with Crippen molar-refractivity contribution < 1.29 is 22.6 Å². The first kappa shape index (κ1) is 12.7. The lowest BCUT2D eigenvalue weighted by Crippen LogP contribution is -2.59. The maximum Gasteiger partial charge on any atom is 0.411 e. The normalized spacial score (nSPS) is 31.4. The van der Waals surface area contributed by atoms with Crippen molar-refractivity contribution in [3.05, 3.63) is 0 Å². The van der Waals surface area contributed by atoms with E-state index in [2.05, 4.69) is 5.32 Å². The van der Waals surface area contributed by atoms with Gasteiger partial charge in [0.2, 0.25) is 0 Å². The lowest BCUT2D eigenvalue weighted by atomic mass is 9.85. The van der Waals surface area contributed by atoms with E-state index in [1.165, 1.54) is 0 Å². The van der Waals surface area contributed by atoms with E-state index in [1.54, 1.807) is 7.05 Å². The van der Waals surface area contributed by atoms with E-state index < -0.39 is 18.9 Å². The van der Waals surface area contributed by atoms with Crippen molar-refractivity contribution in [2.75, 3.05) is 20.3 Å². The van der Waals surface area contributed by atoms with Crippen molar-refractivity contribution in [2.24, 2.45) is 0 Å². The number of nitrogens with one attached hydrogen (secondary N) is 1. The van der Waals surface area contributed by atoms with Gasteiger partial charge in [-0.1, -0.05) is 0 Å². The Balaban J connectivity index is 2.31. The molecule has 0 bridgehead atoms. The fourth-order valence-corrected chi connectivity index (χ4v) is 1.64. The summed E-state index contributed by atoms with van der Waals surface area (Å²) >= 11 is 0. The van der Waals surface area contributed by atoms with Gasteiger partial charge in [0.25, 0.3) is 0 Å². The Morgan fingerprint density at radius 2 is 2.00 bits per heavy atom. The molecule has 3 unspecified atom stereocenters. The maximum atomic E-state index is 11.9. The first-order valence-electron chi connectivity index (χ1n) is 4.95. The zero-order chi connectivity index (χ0) is 11.5. The average molecular weight is 227 g/mol. The van der Waals surface area contributed by atoms with E-state index in [0.29, 0.717) is 13.0 Å². The van der Waals surface area contributed by atoms with Crippen LogP contribution in [-0.4, -0.2) is 44.7 Å². The molecule has 1 rings (SSSR count). The summed E-state index contributed by atoms with van der Waals surface area (Å²) in [7, 11) is 1.76. The fourth-order valence-electron chi connectivity index (χ4n) is 1.64. The summed E-state index contributed by atoms with van der Waals surface area (Å²) in [6, 6.07) is 0.100. The van der Waals surface area contributed by atoms with Crippen molar-refractivity contribution in [3.63, 3.8) is 0 Å². The highest BCUT2D eigenvalue weighted by Crippen LogP contribution is 2.29. The molecule has 0 aromatic carbocycles.